The Labute approximate surface area is 159 Å². The van der Waals surface area contributed by atoms with E-state index < -0.39 is 6.04 Å². The predicted molar refractivity (Wildman–Crippen MR) is 106 cm³/mol. The largest absolute Gasteiger partial charge is 0.399 e. The second-order valence-corrected chi connectivity index (χ2v) is 7.07. The summed E-state index contributed by atoms with van der Waals surface area (Å²) in [6, 6.07) is 9.98. The third kappa shape index (κ3) is 3.34. The van der Waals surface area contributed by atoms with Crippen molar-refractivity contribution in [2.45, 2.75) is 13.0 Å². The van der Waals surface area contributed by atoms with Crippen molar-refractivity contribution in [3.8, 4) is 11.3 Å². The SMILES string of the molecule is CC1=C(c2nc(-c3ccc(N)cc3)cs2)C(c2ccc(=O)[nH]c2)NC(=O)N1. The van der Waals surface area contributed by atoms with E-state index in [4.69, 9.17) is 10.7 Å². The van der Waals surface area contributed by atoms with Gasteiger partial charge in [-0.25, -0.2) is 9.78 Å². The van der Waals surface area contributed by atoms with E-state index in [1.807, 2.05) is 36.6 Å². The lowest BCUT2D eigenvalue weighted by molar-refractivity contribution is 0.240. The fourth-order valence-electron chi connectivity index (χ4n) is 3.01. The molecule has 3 heterocycles. The summed E-state index contributed by atoms with van der Waals surface area (Å²) in [5, 5.41) is 8.48. The van der Waals surface area contributed by atoms with E-state index in [9.17, 15) is 9.59 Å². The number of nitrogens with one attached hydrogen (secondary N) is 3. The van der Waals surface area contributed by atoms with Gasteiger partial charge in [-0.2, -0.15) is 0 Å². The van der Waals surface area contributed by atoms with Gasteiger partial charge in [0.2, 0.25) is 5.56 Å². The minimum absolute atomic E-state index is 0.193. The van der Waals surface area contributed by atoms with E-state index in [0.717, 1.165) is 33.1 Å². The van der Waals surface area contributed by atoms with Crippen LogP contribution in [0.25, 0.3) is 16.8 Å². The number of nitrogens with two attached hydrogens (primary N) is 1. The van der Waals surface area contributed by atoms with Gasteiger partial charge >= 0.3 is 6.03 Å². The number of anilines is 1. The zero-order valence-corrected chi connectivity index (χ0v) is 15.3. The summed E-state index contributed by atoms with van der Waals surface area (Å²) in [5.74, 6) is 0. The van der Waals surface area contributed by atoms with Crippen molar-refractivity contribution in [2.75, 3.05) is 5.73 Å². The van der Waals surface area contributed by atoms with Crippen LogP contribution in [0.4, 0.5) is 10.5 Å². The van der Waals surface area contributed by atoms with Gasteiger partial charge in [0.1, 0.15) is 5.01 Å². The van der Waals surface area contributed by atoms with Crippen LogP contribution in [-0.2, 0) is 0 Å². The minimum atomic E-state index is -0.402. The highest BCUT2D eigenvalue weighted by molar-refractivity contribution is 7.11. The molecule has 1 aromatic carbocycles. The Balaban J connectivity index is 1.76. The fraction of sp³-hybridized carbons (Fsp3) is 0.105. The number of benzene rings is 1. The molecule has 3 aromatic rings. The Bertz CT molecular complexity index is 1080. The average molecular weight is 379 g/mol. The molecule has 2 aromatic heterocycles. The molecule has 8 heteroatoms. The first-order chi connectivity index (χ1) is 13.0. The summed E-state index contributed by atoms with van der Waals surface area (Å²) in [7, 11) is 0. The van der Waals surface area contributed by atoms with Crippen LogP contribution in [0.5, 0.6) is 0 Å². The van der Waals surface area contributed by atoms with E-state index in [0.29, 0.717) is 5.69 Å². The summed E-state index contributed by atoms with van der Waals surface area (Å²) < 4.78 is 0. The maximum absolute atomic E-state index is 12.0. The number of aromatic amines is 1. The molecule has 136 valence electrons. The van der Waals surface area contributed by atoms with Gasteiger partial charge in [-0.15, -0.1) is 11.3 Å². The Morgan fingerprint density at radius 1 is 1.11 bits per heavy atom. The lowest BCUT2D eigenvalue weighted by Crippen LogP contribution is -2.43. The number of carbonyl (C=O) groups excluding carboxylic acids is 1. The predicted octanol–water partition coefficient (Wildman–Crippen LogP) is 2.87. The number of thiazole rings is 1. The van der Waals surface area contributed by atoms with Crippen LogP contribution in [0.15, 0.2) is 58.5 Å². The van der Waals surface area contributed by atoms with Crippen LogP contribution in [0, 0.1) is 0 Å². The van der Waals surface area contributed by atoms with Gasteiger partial charge in [-0.05, 0) is 30.7 Å². The van der Waals surface area contributed by atoms with Gasteiger partial charge < -0.3 is 21.4 Å². The highest BCUT2D eigenvalue weighted by Crippen LogP contribution is 2.36. The van der Waals surface area contributed by atoms with Crippen molar-refractivity contribution in [1.29, 1.82) is 0 Å². The van der Waals surface area contributed by atoms with Crippen molar-refractivity contribution in [3.63, 3.8) is 0 Å². The molecule has 1 unspecified atom stereocenters. The van der Waals surface area contributed by atoms with Crippen LogP contribution in [-0.4, -0.2) is 16.0 Å². The van der Waals surface area contributed by atoms with Crippen LogP contribution in [0.1, 0.15) is 23.5 Å². The van der Waals surface area contributed by atoms with Gasteiger partial charge in [-0.1, -0.05) is 12.1 Å². The molecule has 1 aliphatic rings. The molecule has 4 rings (SSSR count). The molecular formula is C19H17N5O2S. The summed E-state index contributed by atoms with van der Waals surface area (Å²) in [4.78, 5) is 30.8. The highest BCUT2D eigenvalue weighted by Gasteiger charge is 2.29. The number of hydrogen-bond donors (Lipinski definition) is 4. The number of allylic oxidation sites excluding steroid dienone is 1. The third-order valence-corrected chi connectivity index (χ3v) is 5.23. The minimum Gasteiger partial charge on any atom is -0.399 e. The molecule has 0 saturated heterocycles. The molecule has 7 nitrogen and oxygen atoms in total. The molecule has 0 aliphatic carbocycles. The van der Waals surface area contributed by atoms with Gasteiger partial charge in [0.25, 0.3) is 0 Å². The Morgan fingerprint density at radius 2 is 1.89 bits per heavy atom. The zero-order chi connectivity index (χ0) is 19.0. The molecule has 0 saturated carbocycles. The van der Waals surface area contributed by atoms with Crippen LogP contribution < -0.4 is 21.9 Å². The number of H-pyrrole nitrogens is 1. The number of hydrogen-bond acceptors (Lipinski definition) is 5. The van der Waals surface area contributed by atoms with E-state index in [-0.39, 0.29) is 11.6 Å². The topological polar surface area (TPSA) is 113 Å². The molecule has 0 bridgehead atoms. The first kappa shape index (κ1) is 17.0. The Kier molecular flexibility index (Phi) is 4.25. The molecule has 2 amide bonds. The second kappa shape index (κ2) is 6.73. The number of nitrogens with zero attached hydrogens (tertiary/aromatic N) is 1. The lowest BCUT2D eigenvalue weighted by Gasteiger charge is -2.28. The van der Waals surface area contributed by atoms with E-state index in [1.54, 1.807) is 12.3 Å². The van der Waals surface area contributed by atoms with Crippen molar-refractivity contribution in [1.82, 2.24) is 20.6 Å². The van der Waals surface area contributed by atoms with Crippen molar-refractivity contribution in [2.24, 2.45) is 0 Å². The normalized spacial score (nSPS) is 16.8. The van der Waals surface area contributed by atoms with E-state index in [1.165, 1.54) is 17.4 Å². The number of urea groups is 1. The molecular weight excluding hydrogens is 362 g/mol. The molecule has 1 atom stereocenters. The molecule has 0 fully saturated rings. The van der Waals surface area contributed by atoms with Crippen LogP contribution in [0.2, 0.25) is 0 Å². The quantitative estimate of drug-likeness (QED) is 0.524. The average Bonchev–Trinajstić information content (AvgIpc) is 3.12. The first-order valence-electron chi connectivity index (χ1n) is 8.30. The Morgan fingerprint density at radius 3 is 2.59 bits per heavy atom. The molecule has 0 spiro atoms. The van der Waals surface area contributed by atoms with Crippen LogP contribution >= 0.6 is 11.3 Å². The monoisotopic (exact) mass is 379 g/mol. The smallest absolute Gasteiger partial charge is 0.319 e. The maximum atomic E-state index is 12.0. The lowest BCUT2D eigenvalue weighted by atomic mass is 9.97. The zero-order valence-electron chi connectivity index (χ0n) is 14.4. The number of pyridine rings is 1. The number of aromatic nitrogens is 2. The summed E-state index contributed by atoms with van der Waals surface area (Å²) in [6.45, 7) is 1.84. The highest BCUT2D eigenvalue weighted by atomic mass is 32.1. The van der Waals surface area contributed by atoms with E-state index in [2.05, 4.69) is 15.6 Å². The van der Waals surface area contributed by atoms with Gasteiger partial charge in [0.05, 0.1) is 11.7 Å². The number of amides is 2. The standard InChI is InChI=1S/C19H17N5O2S/c1-10-16(17(24-19(26)22-10)12-4-7-15(25)21-8-12)18-23-14(9-27-18)11-2-5-13(20)6-3-11/h2-9,17H,20H2,1H3,(H,21,25)(H2,22,24,26). The molecule has 27 heavy (non-hydrogen) atoms. The third-order valence-electron chi connectivity index (χ3n) is 4.35. The van der Waals surface area contributed by atoms with Crippen molar-refractivity contribution in [3.05, 3.63) is 74.6 Å². The van der Waals surface area contributed by atoms with Gasteiger partial charge in [-0.3, -0.25) is 4.79 Å². The summed E-state index contributed by atoms with van der Waals surface area (Å²) in [6.07, 6.45) is 1.61. The number of carbonyl (C=O) groups is 1. The van der Waals surface area contributed by atoms with Crippen LogP contribution in [0.3, 0.4) is 0 Å². The summed E-state index contributed by atoms with van der Waals surface area (Å²) >= 11 is 1.50. The second-order valence-electron chi connectivity index (χ2n) is 6.22. The Hall–Kier alpha value is -3.39. The molecule has 5 N–H and O–H groups in total. The maximum Gasteiger partial charge on any atom is 0.319 e. The van der Waals surface area contributed by atoms with E-state index >= 15 is 0 Å². The number of nitrogen functional groups attached to an aromatic ring is 1. The van der Waals surface area contributed by atoms with Crippen molar-refractivity contribution < 1.29 is 4.79 Å². The molecule has 0 radical (unpaired) electrons. The van der Waals surface area contributed by atoms with Gasteiger partial charge in [0.15, 0.2) is 0 Å². The summed E-state index contributed by atoms with van der Waals surface area (Å²) in [5.41, 5.74) is 10.4. The first-order valence-corrected chi connectivity index (χ1v) is 9.18. The fourth-order valence-corrected chi connectivity index (χ4v) is 3.97. The molecule has 1 aliphatic heterocycles. The number of rotatable bonds is 3. The van der Waals surface area contributed by atoms with Crippen molar-refractivity contribution >= 4 is 28.6 Å². The van der Waals surface area contributed by atoms with Gasteiger partial charge in [0, 0.05) is 40.2 Å².